The lowest BCUT2D eigenvalue weighted by Crippen LogP contribution is -2.25. The SMILES string of the molecule is Cc1ccc2ccccc2c1C(=O)C1CC2CCC(C1)S2. The second-order valence-electron chi connectivity index (χ2n) is 6.47. The first kappa shape index (κ1) is 13.4. The standard InChI is InChI=1S/C19H20OS/c1-12-6-7-13-4-2-3-5-17(13)18(12)19(20)14-10-15-8-9-16(11-14)21-15/h2-7,14-16H,8-11H2,1H3. The summed E-state index contributed by atoms with van der Waals surface area (Å²) in [6.45, 7) is 2.08. The van der Waals surface area contributed by atoms with Gasteiger partial charge in [-0.1, -0.05) is 36.4 Å². The maximum Gasteiger partial charge on any atom is 0.166 e. The number of benzene rings is 2. The van der Waals surface area contributed by atoms with Crippen LogP contribution in [0.1, 0.15) is 41.6 Å². The molecule has 0 aromatic heterocycles. The molecule has 2 heteroatoms. The summed E-state index contributed by atoms with van der Waals surface area (Å²) in [5.41, 5.74) is 2.11. The molecule has 2 unspecified atom stereocenters. The molecule has 2 aromatic carbocycles. The third kappa shape index (κ3) is 2.30. The Labute approximate surface area is 130 Å². The molecule has 0 radical (unpaired) electrons. The minimum Gasteiger partial charge on any atom is -0.294 e. The summed E-state index contributed by atoms with van der Waals surface area (Å²) in [5.74, 6) is 0.634. The summed E-state index contributed by atoms with van der Waals surface area (Å²) < 4.78 is 0. The van der Waals surface area contributed by atoms with Crippen LogP contribution in [0.2, 0.25) is 0 Å². The van der Waals surface area contributed by atoms with Gasteiger partial charge in [0.2, 0.25) is 0 Å². The molecule has 0 N–H and O–H groups in total. The Morgan fingerprint density at radius 2 is 1.76 bits per heavy atom. The predicted octanol–water partition coefficient (Wildman–Crippen LogP) is 5.01. The van der Waals surface area contributed by atoms with Crippen molar-refractivity contribution in [3.8, 4) is 0 Å². The number of thioether (sulfide) groups is 1. The van der Waals surface area contributed by atoms with E-state index in [0.717, 1.165) is 39.9 Å². The normalized spacial score (nSPS) is 28.0. The second-order valence-corrected chi connectivity index (χ2v) is 8.07. The van der Waals surface area contributed by atoms with Crippen molar-refractivity contribution >= 4 is 28.3 Å². The van der Waals surface area contributed by atoms with Crippen LogP contribution in [0, 0.1) is 12.8 Å². The fraction of sp³-hybridized carbons (Fsp3) is 0.421. The van der Waals surface area contributed by atoms with E-state index in [4.69, 9.17) is 0 Å². The molecule has 2 aliphatic heterocycles. The summed E-state index contributed by atoms with van der Waals surface area (Å²) in [4.78, 5) is 13.1. The largest absolute Gasteiger partial charge is 0.294 e. The monoisotopic (exact) mass is 296 g/mol. The van der Waals surface area contributed by atoms with Gasteiger partial charge in [-0.05, 0) is 48.9 Å². The van der Waals surface area contributed by atoms with Crippen LogP contribution in [0.5, 0.6) is 0 Å². The van der Waals surface area contributed by atoms with Crippen LogP contribution in [0.4, 0.5) is 0 Å². The highest BCUT2D eigenvalue weighted by Crippen LogP contribution is 2.47. The lowest BCUT2D eigenvalue weighted by atomic mass is 9.86. The number of aryl methyl sites for hydroxylation is 1. The molecule has 0 aliphatic carbocycles. The van der Waals surface area contributed by atoms with E-state index in [1.165, 1.54) is 18.2 Å². The number of Topliss-reactive ketones (excluding diaryl/α,β-unsaturated/α-hetero) is 1. The zero-order valence-electron chi connectivity index (χ0n) is 12.3. The molecule has 0 saturated carbocycles. The van der Waals surface area contributed by atoms with Gasteiger partial charge in [0, 0.05) is 22.0 Å². The van der Waals surface area contributed by atoms with E-state index in [1.807, 2.05) is 12.1 Å². The van der Waals surface area contributed by atoms with Gasteiger partial charge in [0.25, 0.3) is 0 Å². The van der Waals surface area contributed by atoms with Gasteiger partial charge in [0.15, 0.2) is 5.78 Å². The molecule has 2 aliphatic rings. The molecule has 4 rings (SSSR count). The molecule has 1 nitrogen and oxygen atoms in total. The number of carbonyl (C=O) groups excluding carboxylic acids is 1. The van der Waals surface area contributed by atoms with Gasteiger partial charge in [-0.2, -0.15) is 11.8 Å². The van der Waals surface area contributed by atoms with Crippen molar-refractivity contribution in [2.75, 3.05) is 0 Å². The van der Waals surface area contributed by atoms with Crippen molar-refractivity contribution in [3.63, 3.8) is 0 Å². The summed E-state index contributed by atoms with van der Waals surface area (Å²) in [6.07, 6.45) is 4.80. The maximum atomic E-state index is 13.1. The van der Waals surface area contributed by atoms with Gasteiger partial charge in [-0.25, -0.2) is 0 Å². The highest BCUT2D eigenvalue weighted by atomic mass is 32.2. The van der Waals surface area contributed by atoms with Gasteiger partial charge < -0.3 is 0 Å². The van der Waals surface area contributed by atoms with Crippen molar-refractivity contribution in [2.24, 2.45) is 5.92 Å². The fourth-order valence-corrected chi connectivity index (χ4v) is 5.76. The summed E-state index contributed by atoms with van der Waals surface area (Å²) >= 11 is 2.12. The number of hydrogen-bond acceptors (Lipinski definition) is 2. The van der Waals surface area contributed by atoms with E-state index >= 15 is 0 Å². The van der Waals surface area contributed by atoms with E-state index in [9.17, 15) is 4.79 Å². The van der Waals surface area contributed by atoms with E-state index in [-0.39, 0.29) is 5.92 Å². The van der Waals surface area contributed by atoms with Crippen LogP contribution in [-0.4, -0.2) is 16.3 Å². The second kappa shape index (κ2) is 5.17. The summed E-state index contributed by atoms with van der Waals surface area (Å²) in [5, 5.41) is 3.77. The molecule has 0 amide bonds. The molecule has 21 heavy (non-hydrogen) atoms. The lowest BCUT2D eigenvalue weighted by Gasteiger charge is -2.27. The Morgan fingerprint density at radius 1 is 1.05 bits per heavy atom. The number of carbonyl (C=O) groups is 1. The summed E-state index contributed by atoms with van der Waals surface area (Å²) in [7, 11) is 0. The number of ketones is 1. The third-order valence-corrected chi connectivity index (χ3v) is 6.67. The minimum atomic E-state index is 0.244. The van der Waals surface area contributed by atoms with Crippen LogP contribution in [0.15, 0.2) is 36.4 Å². The fourth-order valence-electron chi connectivity index (χ4n) is 3.98. The molecule has 0 spiro atoms. The zero-order chi connectivity index (χ0) is 14.4. The molecule has 2 saturated heterocycles. The minimum absolute atomic E-state index is 0.244. The molecular weight excluding hydrogens is 276 g/mol. The van der Waals surface area contributed by atoms with Crippen LogP contribution in [0.3, 0.4) is 0 Å². The van der Waals surface area contributed by atoms with Crippen molar-refractivity contribution in [3.05, 3.63) is 47.5 Å². The Bertz CT molecular complexity index is 694. The molecule has 2 heterocycles. The van der Waals surface area contributed by atoms with Gasteiger partial charge in [-0.3, -0.25) is 4.79 Å². The van der Waals surface area contributed by atoms with Gasteiger partial charge >= 0.3 is 0 Å². The Hall–Kier alpha value is -1.28. The van der Waals surface area contributed by atoms with E-state index < -0.39 is 0 Å². The number of fused-ring (bicyclic) bond motifs is 3. The lowest BCUT2D eigenvalue weighted by molar-refractivity contribution is 0.0908. The van der Waals surface area contributed by atoms with E-state index in [2.05, 4.69) is 43.0 Å². The van der Waals surface area contributed by atoms with Crippen molar-refractivity contribution < 1.29 is 4.79 Å². The topological polar surface area (TPSA) is 17.1 Å². The van der Waals surface area contributed by atoms with Crippen LogP contribution in [-0.2, 0) is 0 Å². The quantitative estimate of drug-likeness (QED) is 0.725. The average Bonchev–Trinajstić information content (AvgIpc) is 2.85. The number of rotatable bonds is 2. The Balaban J connectivity index is 1.75. The molecule has 2 aromatic rings. The van der Waals surface area contributed by atoms with Crippen LogP contribution >= 0.6 is 11.8 Å². The van der Waals surface area contributed by atoms with Crippen LogP contribution in [0.25, 0.3) is 10.8 Å². The van der Waals surface area contributed by atoms with Crippen LogP contribution < -0.4 is 0 Å². The van der Waals surface area contributed by atoms with Crippen molar-refractivity contribution in [2.45, 2.75) is 43.1 Å². The first-order valence-corrected chi connectivity index (χ1v) is 8.84. The first-order chi connectivity index (χ1) is 10.2. The average molecular weight is 296 g/mol. The Kier molecular flexibility index (Phi) is 3.30. The smallest absolute Gasteiger partial charge is 0.166 e. The zero-order valence-corrected chi connectivity index (χ0v) is 13.2. The first-order valence-electron chi connectivity index (χ1n) is 7.90. The Morgan fingerprint density at radius 3 is 2.52 bits per heavy atom. The van der Waals surface area contributed by atoms with Gasteiger partial charge in [-0.15, -0.1) is 0 Å². The molecule has 108 valence electrons. The summed E-state index contributed by atoms with van der Waals surface area (Å²) in [6, 6.07) is 12.5. The molecule has 2 fully saturated rings. The predicted molar refractivity (Wildman–Crippen MR) is 90.1 cm³/mol. The molecule has 2 bridgehead atoms. The molecule has 2 atom stereocenters. The van der Waals surface area contributed by atoms with Gasteiger partial charge in [0.1, 0.15) is 0 Å². The maximum absolute atomic E-state index is 13.1. The third-order valence-electron chi connectivity index (χ3n) is 5.04. The van der Waals surface area contributed by atoms with E-state index in [1.54, 1.807) is 0 Å². The highest BCUT2D eigenvalue weighted by Gasteiger charge is 2.38. The van der Waals surface area contributed by atoms with Crippen molar-refractivity contribution in [1.29, 1.82) is 0 Å². The van der Waals surface area contributed by atoms with E-state index in [0.29, 0.717) is 5.78 Å². The highest BCUT2D eigenvalue weighted by molar-refractivity contribution is 8.00. The van der Waals surface area contributed by atoms with Crippen molar-refractivity contribution in [1.82, 2.24) is 0 Å². The van der Waals surface area contributed by atoms with Gasteiger partial charge in [0.05, 0.1) is 0 Å². The molecular formula is C19H20OS. The number of hydrogen-bond donors (Lipinski definition) is 0.